The number of hydrogen-bond donors (Lipinski definition) is 1. The van der Waals surface area contributed by atoms with Gasteiger partial charge in [-0.2, -0.15) is 0 Å². The SMILES string of the molecule is CCCc1ccc(-c2[nH]c3cc(F)cc4c3c2CCCC4=O)cc1. The number of hydrogen-bond acceptors (Lipinski definition) is 1. The van der Waals surface area contributed by atoms with Gasteiger partial charge in [0.2, 0.25) is 0 Å². The molecule has 1 N–H and O–H groups in total. The first-order valence-electron chi connectivity index (χ1n) is 8.64. The van der Waals surface area contributed by atoms with Gasteiger partial charge in [-0.3, -0.25) is 4.79 Å². The monoisotopic (exact) mass is 321 g/mol. The third kappa shape index (κ3) is 2.44. The zero-order valence-corrected chi connectivity index (χ0v) is 13.8. The van der Waals surface area contributed by atoms with Crippen LogP contribution in [-0.4, -0.2) is 10.8 Å². The highest BCUT2D eigenvalue weighted by molar-refractivity contribution is 6.11. The summed E-state index contributed by atoms with van der Waals surface area (Å²) in [6.45, 7) is 2.17. The average Bonchev–Trinajstić information content (AvgIpc) is 2.84. The summed E-state index contributed by atoms with van der Waals surface area (Å²) in [6, 6.07) is 11.4. The topological polar surface area (TPSA) is 32.9 Å². The quantitative estimate of drug-likeness (QED) is 0.684. The third-order valence-electron chi connectivity index (χ3n) is 4.88. The molecule has 0 atom stereocenters. The minimum Gasteiger partial charge on any atom is -0.354 e. The number of halogens is 1. The standard InChI is InChI=1S/C21H20FNO/c1-2-4-13-7-9-14(10-8-13)21-16-5-3-6-19(24)17-11-15(22)12-18(23-21)20(16)17/h7-12,23H,2-6H2,1H3. The van der Waals surface area contributed by atoms with Crippen LogP contribution >= 0.6 is 0 Å². The smallest absolute Gasteiger partial charge is 0.163 e. The molecule has 2 nitrogen and oxygen atoms in total. The fraction of sp³-hybridized carbons (Fsp3) is 0.286. The maximum Gasteiger partial charge on any atom is 0.163 e. The van der Waals surface area contributed by atoms with E-state index in [9.17, 15) is 9.18 Å². The van der Waals surface area contributed by atoms with E-state index in [1.165, 1.54) is 17.7 Å². The van der Waals surface area contributed by atoms with E-state index < -0.39 is 0 Å². The van der Waals surface area contributed by atoms with E-state index in [-0.39, 0.29) is 11.6 Å². The van der Waals surface area contributed by atoms with Gasteiger partial charge in [-0.05, 0) is 48.1 Å². The molecule has 0 aliphatic heterocycles. The Bertz CT molecular complexity index is 921. The number of ketones is 1. The van der Waals surface area contributed by atoms with Crippen molar-refractivity contribution in [1.29, 1.82) is 0 Å². The van der Waals surface area contributed by atoms with Gasteiger partial charge in [0.15, 0.2) is 5.78 Å². The Morgan fingerprint density at radius 2 is 1.92 bits per heavy atom. The average molecular weight is 321 g/mol. The number of Topliss-reactive ketones (excluding diaryl/α,β-unsaturated/α-hetero) is 1. The number of rotatable bonds is 3. The first-order chi connectivity index (χ1) is 11.7. The number of nitrogens with one attached hydrogen (secondary N) is 1. The molecule has 0 spiro atoms. The predicted molar refractivity (Wildman–Crippen MR) is 95.0 cm³/mol. The van der Waals surface area contributed by atoms with Gasteiger partial charge in [0, 0.05) is 28.6 Å². The molecular formula is C21H20FNO. The molecule has 122 valence electrons. The lowest BCUT2D eigenvalue weighted by atomic mass is 9.99. The fourth-order valence-corrected chi connectivity index (χ4v) is 3.77. The molecule has 1 aliphatic carbocycles. The number of H-pyrrole nitrogens is 1. The Morgan fingerprint density at radius 1 is 1.12 bits per heavy atom. The highest BCUT2D eigenvalue weighted by Gasteiger charge is 2.23. The molecule has 1 aliphatic rings. The Hall–Kier alpha value is -2.42. The van der Waals surface area contributed by atoms with Gasteiger partial charge in [0.25, 0.3) is 0 Å². The Morgan fingerprint density at radius 3 is 2.67 bits per heavy atom. The van der Waals surface area contributed by atoms with E-state index in [1.807, 2.05) is 0 Å². The van der Waals surface area contributed by atoms with Crippen LogP contribution in [0.5, 0.6) is 0 Å². The second kappa shape index (κ2) is 5.90. The van der Waals surface area contributed by atoms with Crippen molar-refractivity contribution >= 4 is 16.7 Å². The summed E-state index contributed by atoms with van der Waals surface area (Å²) in [5.41, 5.74) is 5.85. The zero-order chi connectivity index (χ0) is 16.7. The molecule has 3 heteroatoms. The van der Waals surface area contributed by atoms with Gasteiger partial charge in [0.1, 0.15) is 5.82 Å². The van der Waals surface area contributed by atoms with E-state index in [1.54, 1.807) is 0 Å². The van der Waals surface area contributed by atoms with Gasteiger partial charge in [-0.25, -0.2) is 4.39 Å². The van der Waals surface area contributed by atoms with Crippen LogP contribution in [-0.2, 0) is 12.8 Å². The van der Waals surface area contributed by atoms with Crippen molar-refractivity contribution in [3.8, 4) is 11.3 Å². The molecule has 1 heterocycles. The normalized spacial score (nSPS) is 14.2. The van der Waals surface area contributed by atoms with Crippen molar-refractivity contribution in [3.05, 3.63) is 58.9 Å². The van der Waals surface area contributed by atoms with Crippen molar-refractivity contribution in [2.45, 2.75) is 39.0 Å². The summed E-state index contributed by atoms with van der Waals surface area (Å²) >= 11 is 0. The Labute approximate surface area is 140 Å². The molecule has 0 bridgehead atoms. The van der Waals surface area contributed by atoms with Crippen molar-refractivity contribution in [3.63, 3.8) is 0 Å². The second-order valence-corrected chi connectivity index (χ2v) is 6.58. The number of aromatic nitrogens is 1. The summed E-state index contributed by atoms with van der Waals surface area (Å²) in [6.07, 6.45) is 4.34. The summed E-state index contributed by atoms with van der Waals surface area (Å²) in [5, 5.41) is 0.909. The molecule has 24 heavy (non-hydrogen) atoms. The molecule has 2 aromatic carbocycles. The Kier molecular flexibility index (Phi) is 3.72. The molecule has 3 aromatic rings. The number of aryl methyl sites for hydroxylation is 2. The summed E-state index contributed by atoms with van der Waals surface area (Å²) in [5.74, 6) is -0.313. The van der Waals surface area contributed by atoms with Gasteiger partial charge in [-0.15, -0.1) is 0 Å². The zero-order valence-electron chi connectivity index (χ0n) is 13.8. The summed E-state index contributed by atoms with van der Waals surface area (Å²) < 4.78 is 13.9. The third-order valence-corrected chi connectivity index (χ3v) is 4.88. The molecule has 0 saturated carbocycles. The van der Waals surface area contributed by atoms with E-state index in [0.717, 1.165) is 53.4 Å². The lowest BCUT2D eigenvalue weighted by Crippen LogP contribution is -1.98. The van der Waals surface area contributed by atoms with Gasteiger partial charge in [0.05, 0.1) is 0 Å². The molecule has 4 rings (SSSR count). The van der Waals surface area contributed by atoms with E-state index in [0.29, 0.717) is 12.0 Å². The van der Waals surface area contributed by atoms with Crippen LogP contribution in [0.15, 0.2) is 36.4 Å². The molecule has 0 unspecified atom stereocenters. The van der Waals surface area contributed by atoms with Gasteiger partial charge in [-0.1, -0.05) is 37.6 Å². The summed E-state index contributed by atoms with van der Waals surface area (Å²) in [7, 11) is 0. The predicted octanol–water partition coefficient (Wildman–Crippen LogP) is 5.45. The molecule has 0 fully saturated rings. The lowest BCUT2D eigenvalue weighted by molar-refractivity contribution is 0.0982. The molecule has 0 saturated heterocycles. The molecule has 0 radical (unpaired) electrons. The van der Waals surface area contributed by atoms with Crippen molar-refractivity contribution in [2.75, 3.05) is 0 Å². The van der Waals surface area contributed by atoms with Gasteiger partial charge >= 0.3 is 0 Å². The van der Waals surface area contributed by atoms with Crippen LogP contribution in [0, 0.1) is 5.82 Å². The number of aromatic amines is 1. The largest absolute Gasteiger partial charge is 0.354 e. The maximum atomic E-state index is 13.9. The van der Waals surface area contributed by atoms with E-state index in [2.05, 4.69) is 36.2 Å². The molecular weight excluding hydrogens is 301 g/mol. The minimum absolute atomic E-state index is 0.0436. The minimum atomic E-state index is -0.356. The lowest BCUT2D eigenvalue weighted by Gasteiger charge is -2.05. The highest BCUT2D eigenvalue weighted by Crippen LogP contribution is 2.36. The van der Waals surface area contributed by atoms with Crippen molar-refractivity contribution in [1.82, 2.24) is 4.98 Å². The molecule has 0 amide bonds. The van der Waals surface area contributed by atoms with Crippen LogP contribution < -0.4 is 0 Å². The number of benzene rings is 2. The van der Waals surface area contributed by atoms with Crippen molar-refractivity contribution < 1.29 is 9.18 Å². The highest BCUT2D eigenvalue weighted by atomic mass is 19.1. The second-order valence-electron chi connectivity index (χ2n) is 6.58. The van der Waals surface area contributed by atoms with Crippen molar-refractivity contribution in [2.24, 2.45) is 0 Å². The van der Waals surface area contributed by atoms with Crippen LogP contribution in [0.4, 0.5) is 4.39 Å². The van der Waals surface area contributed by atoms with Crippen LogP contribution in [0.3, 0.4) is 0 Å². The van der Waals surface area contributed by atoms with Crippen LogP contribution in [0.1, 0.15) is 47.7 Å². The van der Waals surface area contributed by atoms with E-state index in [4.69, 9.17) is 0 Å². The first kappa shape index (κ1) is 15.1. The Balaban J connectivity index is 1.91. The van der Waals surface area contributed by atoms with E-state index >= 15 is 0 Å². The number of carbonyl (C=O) groups is 1. The fourth-order valence-electron chi connectivity index (χ4n) is 3.77. The van der Waals surface area contributed by atoms with Gasteiger partial charge < -0.3 is 4.98 Å². The maximum absolute atomic E-state index is 13.9. The first-order valence-corrected chi connectivity index (χ1v) is 8.64. The summed E-state index contributed by atoms with van der Waals surface area (Å²) in [4.78, 5) is 15.7. The molecule has 1 aromatic heterocycles. The van der Waals surface area contributed by atoms with Crippen LogP contribution in [0.2, 0.25) is 0 Å². The van der Waals surface area contributed by atoms with Crippen LogP contribution in [0.25, 0.3) is 22.2 Å². The number of carbonyl (C=O) groups excluding carboxylic acids is 1.